The Labute approximate surface area is 103 Å². The van der Waals surface area contributed by atoms with E-state index in [1.54, 1.807) is 0 Å². The maximum absolute atomic E-state index is 11.5. The molecule has 1 fully saturated rings. The normalized spacial score (nSPS) is 24.6. The number of nitrogens with two attached hydrogens (primary N) is 1. The quantitative estimate of drug-likeness (QED) is 0.878. The fourth-order valence-electron chi connectivity index (χ4n) is 2.55. The zero-order valence-corrected chi connectivity index (χ0v) is 10.7. The standard InChI is InChI=1S/C13H19NO2S/c14-9-13(8-11-4-2-1-3-5-11)12-6-7-17(15,16)10-12/h1-5,12-13H,6-10,14H2. The highest BCUT2D eigenvalue weighted by atomic mass is 32.2. The lowest BCUT2D eigenvalue weighted by Crippen LogP contribution is -2.26. The van der Waals surface area contributed by atoms with Gasteiger partial charge in [0.2, 0.25) is 0 Å². The van der Waals surface area contributed by atoms with Gasteiger partial charge >= 0.3 is 0 Å². The van der Waals surface area contributed by atoms with Crippen LogP contribution in [0.5, 0.6) is 0 Å². The van der Waals surface area contributed by atoms with Crippen molar-refractivity contribution in [1.29, 1.82) is 0 Å². The predicted molar refractivity (Wildman–Crippen MR) is 69.5 cm³/mol. The molecule has 2 unspecified atom stereocenters. The SMILES string of the molecule is NCC(Cc1ccccc1)C1CCS(=O)(=O)C1. The number of hydrogen-bond donors (Lipinski definition) is 1. The first kappa shape index (κ1) is 12.6. The molecule has 0 amide bonds. The molecule has 2 rings (SSSR count). The topological polar surface area (TPSA) is 60.2 Å². The highest BCUT2D eigenvalue weighted by molar-refractivity contribution is 7.91. The molecule has 2 atom stereocenters. The van der Waals surface area contributed by atoms with Gasteiger partial charge in [-0.3, -0.25) is 0 Å². The fourth-order valence-corrected chi connectivity index (χ4v) is 4.47. The van der Waals surface area contributed by atoms with Crippen molar-refractivity contribution in [2.24, 2.45) is 17.6 Å². The van der Waals surface area contributed by atoms with Crippen molar-refractivity contribution in [3.63, 3.8) is 0 Å². The summed E-state index contributed by atoms with van der Waals surface area (Å²) >= 11 is 0. The van der Waals surface area contributed by atoms with Crippen LogP contribution in [0.1, 0.15) is 12.0 Å². The van der Waals surface area contributed by atoms with Crippen LogP contribution in [0.25, 0.3) is 0 Å². The van der Waals surface area contributed by atoms with Crippen molar-refractivity contribution in [1.82, 2.24) is 0 Å². The Bertz CT molecular complexity index is 456. The maximum atomic E-state index is 11.5. The predicted octanol–water partition coefficient (Wildman–Crippen LogP) is 1.24. The smallest absolute Gasteiger partial charge is 0.150 e. The molecule has 4 heteroatoms. The van der Waals surface area contributed by atoms with Crippen LogP contribution < -0.4 is 5.73 Å². The van der Waals surface area contributed by atoms with Crippen LogP contribution in [-0.2, 0) is 16.3 Å². The van der Waals surface area contributed by atoms with Crippen molar-refractivity contribution >= 4 is 9.84 Å². The molecule has 17 heavy (non-hydrogen) atoms. The summed E-state index contributed by atoms with van der Waals surface area (Å²) in [5.74, 6) is 1.19. The van der Waals surface area contributed by atoms with Gasteiger partial charge in [-0.1, -0.05) is 30.3 Å². The van der Waals surface area contributed by atoms with Crippen molar-refractivity contribution in [2.75, 3.05) is 18.1 Å². The van der Waals surface area contributed by atoms with E-state index in [0.29, 0.717) is 18.1 Å². The fraction of sp³-hybridized carbons (Fsp3) is 0.538. The van der Waals surface area contributed by atoms with Crippen molar-refractivity contribution < 1.29 is 8.42 Å². The Morgan fingerprint density at radius 1 is 1.29 bits per heavy atom. The first-order chi connectivity index (χ1) is 8.11. The summed E-state index contributed by atoms with van der Waals surface area (Å²) in [5, 5.41) is 0. The molecular formula is C13H19NO2S. The largest absolute Gasteiger partial charge is 0.330 e. The lowest BCUT2D eigenvalue weighted by atomic mass is 9.86. The minimum absolute atomic E-state index is 0.241. The number of benzene rings is 1. The molecule has 1 aliphatic rings. The van der Waals surface area contributed by atoms with E-state index in [2.05, 4.69) is 12.1 Å². The molecule has 0 radical (unpaired) electrons. The third-order valence-corrected chi connectivity index (χ3v) is 5.37. The molecule has 1 aromatic rings. The van der Waals surface area contributed by atoms with Gasteiger partial charge in [-0.05, 0) is 36.8 Å². The van der Waals surface area contributed by atoms with Crippen LogP contribution in [0.3, 0.4) is 0 Å². The van der Waals surface area contributed by atoms with Crippen LogP contribution in [0.2, 0.25) is 0 Å². The molecule has 0 saturated carbocycles. The van der Waals surface area contributed by atoms with Gasteiger partial charge in [-0.25, -0.2) is 8.42 Å². The Hall–Kier alpha value is -0.870. The zero-order valence-electron chi connectivity index (χ0n) is 9.88. The van der Waals surface area contributed by atoms with Gasteiger partial charge in [0, 0.05) is 0 Å². The van der Waals surface area contributed by atoms with E-state index in [0.717, 1.165) is 12.8 Å². The highest BCUT2D eigenvalue weighted by Gasteiger charge is 2.32. The first-order valence-electron chi connectivity index (χ1n) is 6.05. The van der Waals surface area contributed by atoms with Gasteiger partial charge in [0.05, 0.1) is 11.5 Å². The van der Waals surface area contributed by atoms with E-state index in [-0.39, 0.29) is 11.8 Å². The van der Waals surface area contributed by atoms with Gasteiger partial charge in [-0.15, -0.1) is 0 Å². The molecule has 1 aliphatic heterocycles. The summed E-state index contributed by atoms with van der Waals surface area (Å²) in [6.07, 6.45) is 1.66. The first-order valence-corrected chi connectivity index (χ1v) is 7.87. The molecule has 94 valence electrons. The second-order valence-electron chi connectivity index (χ2n) is 4.85. The maximum Gasteiger partial charge on any atom is 0.150 e. The van der Waals surface area contributed by atoms with E-state index < -0.39 is 9.84 Å². The second kappa shape index (κ2) is 5.19. The van der Waals surface area contributed by atoms with Crippen LogP contribution in [0, 0.1) is 11.8 Å². The number of hydrogen-bond acceptors (Lipinski definition) is 3. The Morgan fingerprint density at radius 2 is 2.00 bits per heavy atom. The van der Waals surface area contributed by atoms with E-state index in [4.69, 9.17) is 5.73 Å². The summed E-state index contributed by atoms with van der Waals surface area (Å²) in [6, 6.07) is 10.2. The number of rotatable bonds is 4. The van der Waals surface area contributed by atoms with Crippen molar-refractivity contribution in [2.45, 2.75) is 12.8 Å². The van der Waals surface area contributed by atoms with Crippen LogP contribution in [0.15, 0.2) is 30.3 Å². The van der Waals surface area contributed by atoms with Gasteiger partial charge in [0.25, 0.3) is 0 Å². The minimum atomic E-state index is -2.80. The summed E-state index contributed by atoms with van der Waals surface area (Å²) < 4.78 is 22.9. The molecule has 1 aromatic carbocycles. The van der Waals surface area contributed by atoms with E-state index in [1.807, 2.05) is 18.2 Å². The zero-order chi connectivity index (χ0) is 12.3. The molecule has 1 heterocycles. The Balaban J connectivity index is 2.03. The minimum Gasteiger partial charge on any atom is -0.330 e. The average molecular weight is 253 g/mol. The molecule has 2 N–H and O–H groups in total. The second-order valence-corrected chi connectivity index (χ2v) is 7.08. The summed E-state index contributed by atoms with van der Waals surface area (Å²) in [6.45, 7) is 0.565. The molecule has 0 aromatic heterocycles. The third kappa shape index (κ3) is 3.30. The molecule has 0 spiro atoms. The Morgan fingerprint density at radius 3 is 2.53 bits per heavy atom. The number of sulfone groups is 1. The molecule has 0 aliphatic carbocycles. The van der Waals surface area contributed by atoms with Crippen LogP contribution in [0.4, 0.5) is 0 Å². The van der Waals surface area contributed by atoms with E-state index >= 15 is 0 Å². The highest BCUT2D eigenvalue weighted by Crippen LogP contribution is 2.27. The van der Waals surface area contributed by atoms with Gasteiger partial charge < -0.3 is 5.73 Å². The molecule has 1 saturated heterocycles. The van der Waals surface area contributed by atoms with Crippen molar-refractivity contribution in [3.05, 3.63) is 35.9 Å². The van der Waals surface area contributed by atoms with Crippen LogP contribution >= 0.6 is 0 Å². The van der Waals surface area contributed by atoms with E-state index in [9.17, 15) is 8.42 Å². The van der Waals surface area contributed by atoms with E-state index in [1.165, 1.54) is 5.56 Å². The Kier molecular flexibility index (Phi) is 3.84. The summed E-state index contributed by atoms with van der Waals surface area (Å²) in [5.41, 5.74) is 7.04. The third-order valence-electron chi connectivity index (χ3n) is 3.58. The van der Waals surface area contributed by atoms with Gasteiger partial charge in [0.1, 0.15) is 0 Å². The van der Waals surface area contributed by atoms with Crippen LogP contribution in [-0.4, -0.2) is 26.5 Å². The molecule has 0 bridgehead atoms. The lowest BCUT2D eigenvalue weighted by Gasteiger charge is -2.20. The molecular weight excluding hydrogens is 234 g/mol. The summed E-state index contributed by atoms with van der Waals surface area (Å²) in [4.78, 5) is 0. The van der Waals surface area contributed by atoms with Crippen molar-refractivity contribution in [3.8, 4) is 0 Å². The monoisotopic (exact) mass is 253 g/mol. The summed E-state index contributed by atoms with van der Waals surface area (Å²) in [7, 11) is -2.80. The lowest BCUT2D eigenvalue weighted by molar-refractivity contribution is 0.370. The van der Waals surface area contributed by atoms with Gasteiger partial charge in [0.15, 0.2) is 9.84 Å². The van der Waals surface area contributed by atoms with Gasteiger partial charge in [-0.2, -0.15) is 0 Å². The molecule has 3 nitrogen and oxygen atoms in total. The average Bonchev–Trinajstić information content (AvgIpc) is 2.68.